The quantitative estimate of drug-likeness (QED) is 0.355. The van der Waals surface area contributed by atoms with Crippen LogP contribution < -0.4 is 15.5 Å². The number of amides is 1. The third-order valence-electron chi connectivity index (χ3n) is 4.58. The number of pyridine rings is 1. The lowest BCUT2D eigenvalue weighted by Gasteiger charge is -2.34. The topological polar surface area (TPSA) is 72.9 Å². The first-order valence-electron chi connectivity index (χ1n) is 9.78. The molecule has 1 amide bonds. The van der Waals surface area contributed by atoms with Crippen LogP contribution in [-0.2, 0) is 4.79 Å². The summed E-state index contributed by atoms with van der Waals surface area (Å²) in [5.74, 6) is 2.29. The van der Waals surface area contributed by atoms with Gasteiger partial charge in [-0.2, -0.15) is 0 Å². The van der Waals surface area contributed by atoms with E-state index in [4.69, 9.17) is 0 Å². The van der Waals surface area contributed by atoms with Crippen molar-refractivity contribution in [2.24, 2.45) is 10.9 Å². The molecule has 0 unspecified atom stereocenters. The molecule has 0 spiro atoms. The molecular formula is C20H35IN6O. The number of nitrogens with zero attached hydrogens (tertiary/aromatic N) is 4. The van der Waals surface area contributed by atoms with E-state index in [9.17, 15) is 4.79 Å². The molecule has 1 aliphatic heterocycles. The van der Waals surface area contributed by atoms with Crippen LogP contribution in [0.2, 0.25) is 0 Å². The van der Waals surface area contributed by atoms with Crippen LogP contribution >= 0.6 is 24.0 Å². The highest BCUT2D eigenvalue weighted by Crippen LogP contribution is 2.18. The van der Waals surface area contributed by atoms with Crippen molar-refractivity contribution in [3.63, 3.8) is 0 Å². The number of piperidine rings is 1. The number of guanidine groups is 1. The third kappa shape index (κ3) is 8.20. The van der Waals surface area contributed by atoms with Gasteiger partial charge in [0, 0.05) is 45.5 Å². The number of likely N-dealkylation sites (N-methyl/N-ethyl adjacent to an activating group) is 1. The van der Waals surface area contributed by atoms with E-state index in [2.05, 4.69) is 51.5 Å². The Kier molecular flexibility index (Phi) is 10.6. The zero-order valence-electron chi connectivity index (χ0n) is 17.7. The Morgan fingerprint density at radius 2 is 2.00 bits per heavy atom. The summed E-state index contributed by atoms with van der Waals surface area (Å²) in [4.78, 5) is 24.9. The molecule has 1 aliphatic rings. The molecule has 2 N–H and O–H groups in total. The molecule has 158 valence electrons. The molecule has 1 aromatic heterocycles. The maximum Gasteiger partial charge on any atom is 0.243 e. The van der Waals surface area contributed by atoms with Crippen molar-refractivity contribution in [3.05, 3.63) is 23.9 Å². The summed E-state index contributed by atoms with van der Waals surface area (Å²) >= 11 is 0. The first-order chi connectivity index (χ1) is 12.8. The van der Waals surface area contributed by atoms with Gasteiger partial charge in [0.2, 0.25) is 5.91 Å². The van der Waals surface area contributed by atoms with Crippen molar-refractivity contribution in [3.8, 4) is 0 Å². The summed E-state index contributed by atoms with van der Waals surface area (Å²) in [6.45, 7) is 9.24. The van der Waals surface area contributed by atoms with Crippen LogP contribution in [0.5, 0.6) is 0 Å². The molecule has 0 atom stereocenters. The predicted octanol–water partition coefficient (Wildman–Crippen LogP) is 2.26. The first kappa shape index (κ1) is 24.5. The van der Waals surface area contributed by atoms with Gasteiger partial charge in [0.05, 0.1) is 0 Å². The van der Waals surface area contributed by atoms with Crippen molar-refractivity contribution in [1.29, 1.82) is 0 Å². The van der Waals surface area contributed by atoms with Crippen molar-refractivity contribution in [2.45, 2.75) is 39.7 Å². The zero-order valence-corrected chi connectivity index (χ0v) is 20.1. The predicted molar refractivity (Wildman–Crippen MR) is 127 cm³/mol. The highest BCUT2D eigenvalue weighted by molar-refractivity contribution is 14.0. The Balaban J connectivity index is 0.00000392. The van der Waals surface area contributed by atoms with Crippen LogP contribution in [-0.4, -0.2) is 68.1 Å². The standard InChI is InChI=1S/C20H34N6O.HI/c1-15(2)13-21-20(22-14-19(27)25(4)5)24-17-9-11-26(12-10-17)18-8-6-7-16(3)23-18;/h6-8,15,17H,9-14H2,1-5H3,(H2,21,22,24);1H. The summed E-state index contributed by atoms with van der Waals surface area (Å²) in [5.41, 5.74) is 1.05. The SMILES string of the molecule is Cc1cccc(N2CCC(NC(=NCC(=O)N(C)C)NCC(C)C)CC2)n1.I. The van der Waals surface area contributed by atoms with Crippen molar-refractivity contribution < 1.29 is 4.79 Å². The van der Waals surface area contributed by atoms with E-state index in [1.165, 1.54) is 0 Å². The number of nitrogens with one attached hydrogen (secondary N) is 2. The van der Waals surface area contributed by atoms with Gasteiger partial charge in [-0.05, 0) is 37.8 Å². The van der Waals surface area contributed by atoms with E-state index < -0.39 is 0 Å². The molecule has 1 saturated heterocycles. The number of hydrogen-bond acceptors (Lipinski definition) is 4. The third-order valence-corrected chi connectivity index (χ3v) is 4.58. The van der Waals surface area contributed by atoms with Gasteiger partial charge in [-0.1, -0.05) is 19.9 Å². The van der Waals surface area contributed by atoms with Crippen molar-refractivity contribution in [2.75, 3.05) is 45.2 Å². The molecular weight excluding hydrogens is 467 g/mol. The van der Waals surface area contributed by atoms with E-state index in [0.717, 1.165) is 49.9 Å². The average molecular weight is 502 g/mol. The number of aromatic nitrogens is 1. The number of aliphatic imine (C=N–C) groups is 1. The fraction of sp³-hybridized carbons (Fsp3) is 0.650. The largest absolute Gasteiger partial charge is 0.356 e. The van der Waals surface area contributed by atoms with E-state index in [-0.39, 0.29) is 36.4 Å². The molecule has 1 aromatic rings. The van der Waals surface area contributed by atoms with Crippen LogP contribution in [0.1, 0.15) is 32.4 Å². The fourth-order valence-corrected chi connectivity index (χ4v) is 2.89. The number of hydrogen-bond donors (Lipinski definition) is 2. The molecule has 0 bridgehead atoms. The normalized spacial score (nSPS) is 15.2. The second-order valence-electron chi connectivity index (χ2n) is 7.77. The second-order valence-corrected chi connectivity index (χ2v) is 7.77. The van der Waals surface area contributed by atoms with Crippen LogP contribution in [0.4, 0.5) is 5.82 Å². The monoisotopic (exact) mass is 502 g/mol. The summed E-state index contributed by atoms with van der Waals surface area (Å²) in [6, 6.07) is 6.50. The van der Waals surface area contributed by atoms with Crippen LogP contribution in [0.15, 0.2) is 23.2 Å². The number of rotatable bonds is 6. The Bertz CT molecular complexity index is 641. The number of anilines is 1. The van der Waals surface area contributed by atoms with E-state index in [1.807, 2.05) is 13.0 Å². The minimum atomic E-state index is 0. The Labute approximate surface area is 186 Å². The second kappa shape index (κ2) is 12.1. The van der Waals surface area contributed by atoms with Crippen molar-refractivity contribution in [1.82, 2.24) is 20.5 Å². The summed E-state index contributed by atoms with van der Waals surface area (Å²) in [6.07, 6.45) is 2.03. The van der Waals surface area contributed by atoms with Gasteiger partial charge in [0.1, 0.15) is 12.4 Å². The van der Waals surface area contributed by atoms with Gasteiger partial charge in [0.25, 0.3) is 0 Å². The van der Waals surface area contributed by atoms with Gasteiger partial charge < -0.3 is 20.4 Å². The van der Waals surface area contributed by atoms with E-state index >= 15 is 0 Å². The Hall–Kier alpha value is -1.58. The van der Waals surface area contributed by atoms with E-state index in [0.29, 0.717) is 12.0 Å². The number of halogens is 1. The molecule has 0 saturated carbocycles. The molecule has 7 nitrogen and oxygen atoms in total. The van der Waals surface area contributed by atoms with E-state index in [1.54, 1.807) is 19.0 Å². The Morgan fingerprint density at radius 1 is 1.32 bits per heavy atom. The lowest BCUT2D eigenvalue weighted by molar-refractivity contribution is -0.127. The summed E-state index contributed by atoms with van der Waals surface area (Å²) in [5, 5.41) is 6.86. The fourth-order valence-electron chi connectivity index (χ4n) is 2.89. The summed E-state index contributed by atoms with van der Waals surface area (Å²) < 4.78 is 0. The van der Waals surface area contributed by atoms with Crippen LogP contribution in [0.3, 0.4) is 0 Å². The highest BCUT2D eigenvalue weighted by Gasteiger charge is 2.21. The number of aryl methyl sites for hydroxylation is 1. The van der Waals surface area contributed by atoms with Gasteiger partial charge in [-0.25, -0.2) is 9.98 Å². The van der Waals surface area contributed by atoms with Crippen molar-refractivity contribution >= 4 is 41.7 Å². The molecule has 8 heteroatoms. The smallest absolute Gasteiger partial charge is 0.243 e. The minimum Gasteiger partial charge on any atom is -0.356 e. The number of carbonyl (C=O) groups excluding carboxylic acids is 1. The maximum atomic E-state index is 11.9. The van der Waals surface area contributed by atoms with Gasteiger partial charge in [-0.15, -0.1) is 24.0 Å². The molecule has 2 heterocycles. The molecule has 2 rings (SSSR count). The van der Waals surface area contributed by atoms with Crippen LogP contribution in [0.25, 0.3) is 0 Å². The minimum absolute atomic E-state index is 0. The van der Waals surface area contributed by atoms with Gasteiger partial charge >= 0.3 is 0 Å². The summed E-state index contributed by atoms with van der Waals surface area (Å²) in [7, 11) is 3.50. The van der Waals surface area contributed by atoms with Crippen LogP contribution in [0, 0.1) is 12.8 Å². The van der Waals surface area contributed by atoms with Gasteiger partial charge in [-0.3, -0.25) is 4.79 Å². The molecule has 0 radical (unpaired) electrons. The lowest BCUT2D eigenvalue weighted by Crippen LogP contribution is -2.49. The molecule has 0 aliphatic carbocycles. The van der Waals surface area contributed by atoms with Gasteiger partial charge in [0.15, 0.2) is 5.96 Å². The Morgan fingerprint density at radius 3 is 2.57 bits per heavy atom. The molecule has 0 aromatic carbocycles. The first-order valence-corrected chi connectivity index (χ1v) is 9.78. The number of carbonyl (C=O) groups is 1. The lowest BCUT2D eigenvalue weighted by atomic mass is 10.1. The molecule has 28 heavy (non-hydrogen) atoms. The molecule has 1 fully saturated rings. The average Bonchev–Trinajstić information content (AvgIpc) is 2.64. The highest BCUT2D eigenvalue weighted by atomic mass is 127. The maximum absolute atomic E-state index is 11.9. The zero-order chi connectivity index (χ0) is 19.8.